The summed E-state index contributed by atoms with van der Waals surface area (Å²) in [6.45, 7) is 24.4. The summed E-state index contributed by atoms with van der Waals surface area (Å²) in [6.07, 6.45) is 7.04. The van der Waals surface area contributed by atoms with Gasteiger partial charge in [0.2, 0.25) is 0 Å². The predicted molar refractivity (Wildman–Crippen MR) is 150 cm³/mol. The van der Waals surface area contributed by atoms with Gasteiger partial charge in [0.1, 0.15) is 18.0 Å². The summed E-state index contributed by atoms with van der Waals surface area (Å²) in [5, 5.41) is 0.292. The van der Waals surface area contributed by atoms with E-state index in [1.807, 2.05) is 0 Å². The first-order valence-corrected chi connectivity index (χ1v) is 19.4. The first-order valence-electron chi connectivity index (χ1n) is 13.6. The highest BCUT2D eigenvalue weighted by atomic mass is 28.4. The Morgan fingerprint density at radius 2 is 1.63 bits per heavy atom. The highest BCUT2D eigenvalue weighted by Gasteiger charge is 2.65. The predicted octanol–water partition coefficient (Wildman–Crippen LogP) is 6.91. The minimum absolute atomic E-state index is 0.0149. The van der Waals surface area contributed by atoms with E-state index in [1.54, 1.807) is 0 Å². The molecule has 4 nitrogen and oxygen atoms in total. The standard InChI is InChI=1S/C29H47NO3Si2/c1-27(2,3)34(8,9)32-22-14-12-19-18-21-20-13-15-23(33-35(10,11)28(4,5)6)26-29(20,16-17-30(21)7)24(19)25(22)31-26/h12-15,20-21,23,26H,16-18H2,1-11H3/t20-,21-,23+,26+,29+/m1/s1. The molecule has 1 spiro atoms. The topological polar surface area (TPSA) is 30.9 Å². The van der Waals surface area contributed by atoms with E-state index in [0.717, 1.165) is 30.9 Å². The molecule has 5 rings (SSSR count). The van der Waals surface area contributed by atoms with Crippen molar-refractivity contribution >= 4 is 16.6 Å². The Balaban J connectivity index is 1.63. The third kappa shape index (κ3) is 3.64. The number of benzene rings is 1. The third-order valence-corrected chi connectivity index (χ3v) is 19.3. The molecule has 1 aromatic rings. The van der Waals surface area contributed by atoms with E-state index in [-0.39, 0.29) is 27.7 Å². The lowest BCUT2D eigenvalue weighted by Gasteiger charge is -2.57. The number of hydrogen-bond acceptors (Lipinski definition) is 4. The molecule has 2 heterocycles. The molecular formula is C29H47NO3Si2. The van der Waals surface area contributed by atoms with Gasteiger partial charge in [0.25, 0.3) is 8.32 Å². The quantitative estimate of drug-likeness (QED) is 0.323. The van der Waals surface area contributed by atoms with Gasteiger partial charge in [0.15, 0.2) is 14.1 Å². The second kappa shape index (κ2) is 7.72. The molecule has 35 heavy (non-hydrogen) atoms. The van der Waals surface area contributed by atoms with Gasteiger partial charge in [-0.1, -0.05) is 59.8 Å². The van der Waals surface area contributed by atoms with Crippen LogP contribution in [0.4, 0.5) is 0 Å². The largest absolute Gasteiger partial charge is 0.541 e. The van der Waals surface area contributed by atoms with E-state index in [2.05, 4.69) is 104 Å². The summed E-state index contributed by atoms with van der Waals surface area (Å²) in [6, 6.07) is 5.07. The Morgan fingerprint density at radius 1 is 0.971 bits per heavy atom. The monoisotopic (exact) mass is 513 g/mol. The summed E-state index contributed by atoms with van der Waals surface area (Å²) >= 11 is 0. The summed E-state index contributed by atoms with van der Waals surface area (Å²) in [4.78, 5) is 2.58. The van der Waals surface area contributed by atoms with Crippen LogP contribution in [0.1, 0.15) is 59.1 Å². The van der Waals surface area contributed by atoms with Crippen LogP contribution in [-0.2, 0) is 16.3 Å². The number of piperidine rings is 1. The summed E-state index contributed by atoms with van der Waals surface area (Å²) in [7, 11) is -1.68. The Kier molecular flexibility index (Phi) is 5.63. The zero-order chi connectivity index (χ0) is 25.8. The van der Waals surface area contributed by atoms with Gasteiger partial charge in [0.05, 0.1) is 0 Å². The van der Waals surface area contributed by atoms with E-state index < -0.39 is 16.6 Å². The van der Waals surface area contributed by atoms with Crippen molar-refractivity contribution in [2.24, 2.45) is 5.92 Å². The van der Waals surface area contributed by atoms with Gasteiger partial charge < -0.3 is 18.5 Å². The second-order valence-electron chi connectivity index (χ2n) is 14.6. The highest BCUT2D eigenvalue weighted by Crippen LogP contribution is 2.63. The first kappa shape index (κ1) is 25.6. The first-order chi connectivity index (χ1) is 16.0. The van der Waals surface area contributed by atoms with Crippen LogP contribution in [-0.4, -0.2) is 53.4 Å². The van der Waals surface area contributed by atoms with Crippen LogP contribution < -0.4 is 9.16 Å². The molecule has 1 saturated heterocycles. The fourth-order valence-electron chi connectivity index (χ4n) is 6.34. The van der Waals surface area contributed by atoms with Gasteiger partial charge in [-0.15, -0.1) is 0 Å². The number of likely N-dealkylation sites (N-methyl/N-ethyl adjacent to an activating group) is 1. The minimum Gasteiger partial charge on any atom is -0.541 e. The van der Waals surface area contributed by atoms with Crippen LogP contribution in [0.2, 0.25) is 36.3 Å². The van der Waals surface area contributed by atoms with Gasteiger partial charge in [-0.3, -0.25) is 0 Å². The Labute approximate surface area is 215 Å². The molecule has 0 saturated carbocycles. The minimum atomic E-state index is -2.01. The van der Waals surface area contributed by atoms with E-state index in [9.17, 15) is 0 Å². The maximum absolute atomic E-state index is 7.10. The molecule has 2 bridgehead atoms. The Bertz CT molecular complexity index is 1050. The molecule has 4 aliphatic rings. The molecule has 5 atom stereocenters. The van der Waals surface area contributed by atoms with Gasteiger partial charge in [0, 0.05) is 22.9 Å². The molecular weight excluding hydrogens is 466 g/mol. The summed E-state index contributed by atoms with van der Waals surface area (Å²) in [5.41, 5.74) is 2.88. The molecule has 1 fully saturated rings. The van der Waals surface area contributed by atoms with E-state index in [4.69, 9.17) is 13.6 Å². The molecule has 0 N–H and O–H groups in total. The highest BCUT2D eigenvalue weighted by molar-refractivity contribution is 6.75. The lowest BCUT2D eigenvalue weighted by molar-refractivity contribution is -0.0414. The zero-order valence-corrected chi connectivity index (χ0v) is 25.9. The smallest absolute Gasteiger partial charge is 0.250 e. The van der Waals surface area contributed by atoms with E-state index in [1.165, 1.54) is 11.1 Å². The maximum atomic E-state index is 7.10. The fourth-order valence-corrected chi connectivity index (χ4v) is 8.59. The van der Waals surface area contributed by atoms with Crippen molar-refractivity contribution in [1.29, 1.82) is 0 Å². The molecule has 0 amide bonds. The van der Waals surface area contributed by atoms with Crippen molar-refractivity contribution in [2.45, 2.75) is 114 Å². The van der Waals surface area contributed by atoms with Gasteiger partial charge in [-0.25, -0.2) is 0 Å². The molecule has 194 valence electrons. The number of hydrogen-bond donors (Lipinski definition) is 0. The molecule has 6 heteroatoms. The molecule has 2 aliphatic carbocycles. The van der Waals surface area contributed by atoms with Crippen LogP contribution in [0.25, 0.3) is 0 Å². The Morgan fingerprint density at radius 3 is 2.26 bits per heavy atom. The second-order valence-corrected chi connectivity index (χ2v) is 24.1. The lowest BCUT2D eigenvalue weighted by Crippen LogP contribution is -2.66. The van der Waals surface area contributed by atoms with Crippen LogP contribution in [0, 0.1) is 5.92 Å². The Hall–Kier alpha value is -1.09. The summed E-state index contributed by atoms with van der Waals surface area (Å²) < 4.78 is 21.1. The maximum Gasteiger partial charge on any atom is 0.250 e. The summed E-state index contributed by atoms with van der Waals surface area (Å²) in [5.74, 6) is 2.45. The van der Waals surface area contributed by atoms with Crippen molar-refractivity contribution in [3.63, 3.8) is 0 Å². The van der Waals surface area contributed by atoms with Gasteiger partial charge in [-0.2, -0.15) is 0 Å². The lowest BCUT2D eigenvalue weighted by atomic mass is 9.53. The average molecular weight is 514 g/mol. The SMILES string of the molecule is CN1CC[C@]23c4c5ccc(O[Si](C)(C)C(C)(C)C)c4O[C@H]2[C@@H](O[Si](C)(C)C(C)(C)C)C=C[C@@H]3[C@H]1C5. The van der Waals surface area contributed by atoms with Crippen molar-refractivity contribution in [2.75, 3.05) is 13.6 Å². The number of nitrogens with zero attached hydrogens (tertiary/aromatic N) is 1. The number of rotatable bonds is 4. The molecule has 2 aliphatic heterocycles. The van der Waals surface area contributed by atoms with Crippen LogP contribution in [0.15, 0.2) is 24.3 Å². The molecule has 1 aromatic carbocycles. The van der Waals surface area contributed by atoms with Crippen molar-refractivity contribution < 1.29 is 13.6 Å². The number of ether oxygens (including phenoxy) is 1. The molecule has 0 aromatic heterocycles. The fraction of sp³-hybridized carbons (Fsp3) is 0.724. The normalized spacial score (nSPS) is 32.3. The van der Waals surface area contributed by atoms with Gasteiger partial charge >= 0.3 is 0 Å². The third-order valence-electron chi connectivity index (χ3n) is 10.5. The zero-order valence-electron chi connectivity index (χ0n) is 23.9. The van der Waals surface area contributed by atoms with Gasteiger partial charge in [-0.05, 0) is 74.3 Å². The average Bonchev–Trinajstić information content (AvgIpc) is 3.06. The van der Waals surface area contributed by atoms with E-state index >= 15 is 0 Å². The van der Waals surface area contributed by atoms with E-state index in [0.29, 0.717) is 12.0 Å². The van der Waals surface area contributed by atoms with Crippen LogP contribution in [0.5, 0.6) is 11.5 Å². The van der Waals surface area contributed by atoms with Crippen LogP contribution in [0.3, 0.4) is 0 Å². The van der Waals surface area contributed by atoms with Crippen LogP contribution >= 0.6 is 0 Å². The van der Waals surface area contributed by atoms with Crippen molar-refractivity contribution in [3.8, 4) is 11.5 Å². The van der Waals surface area contributed by atoms with Crippen molar-refractivity contribution in [1.82, 2.24) is 4.90 Å². The molecule has 0 radical (unpaired) electrons. The van der Waals surface area contributed by atoms with Crippen molar-refractivity contribution in [3.05, 3.63) is 35.4 Å². The number of likely N-dealkylation sites (tertiary alicyclic amines) is 1. The molecule has 0 unspecified atom stereocenters.